The number of rotatable bonds is 6. The van der Waals surface area contributed by atoms with Gasteiger partial charge in [-0.05, 0) is 37.0 Å². The Bertz CT molecular complexity index is 411. The van der Waals surface area contributed by atoms with Gasteiger partial charge in [0.25, 0.3) is 5.91 Å². The van der Waals surface area contributed by atoms with Crippen molar-refractivity contribution >= 4 is 5.91 Å². The maximum Gasteiger partial charge on any atom is 0.254 e. The zero-order valence-electron chi connectivity index (χ0n) is 12.4. The van der Waals surface area contributed by atoms with Gasteiger partial charge in [0.05, 0.1) is 0 Å². The van der Waals surface area contributed by atoms with E-state index in [4.69, 9.17) is 0 Å². The summed E-state index contributed by atoms with van der Waals surface area (Å²) >= 11 is 0. The Morgan fingerprint density at radius 1 is 1.26 bits per heavy atom. The number of phenolic OH excluding ortho intramolecular Hbond substituents is 1. The number of amides is 1. The van der Waals surface area contributed by atoms with Crippen LogP contribution in [0.5, 0.6) is 5.75 Å². The first-order valence-corrected chi connectivity index (χ1v) is 7.09. The molecule has 0 saturated heterocycles. The van der Waals surface area contributed by atoms with Crippen molar-refractivity contribution < 1.29 is 9.90 Å². The molecule has 1 aromatic rings. The van der Waals surface area contributed by atoms with Crippen molar-refractivity contribution in [2.45, 2.75) is 46.6 Å². The average molecular weight is 263 g/mol. The highest BCUT2D eigenvalue weighted by Crippen LogP contribution is 2.18. The molecule has 0 aliphatic heterocycles. The maximum absolute atomic E-state index is 12.6. The van der Waals surface area contributed by atoms with E-state index in [1.54, 1.807) is 18.2 Å². The summed E-state index contributed by atoms with van der Waals surface area (Å²) in [6.07, 6.45) is 1.90. The van der Waals surface area contributed by atoms with Gasteiger partial charge in [-0.1, -0.05) is 33.8 Å². The van der Waals surface area contributed by atoms with Gasteiger partial charge in [-0.15, -0.1) is 0 Å². The van der Waals surface area contributed by atoms with E-state index in [0.29, 0.717) is 11.5 Å². The number of carbonyl (C=O) groups excluding carboxylic acids is 1. The Balaban J connectivity index is 2.99. The van der Waals surface area contributed by atoms with Gasteiger partial charge in [-0.3, -0.25) is 4.79 Å². The highest BCUT2D eigenvalue weighted by Gasteiger charge is 2.23. The second-order valence-electron chi connectivity index (χ2n) is 5.37. The molecule has 0 radical (unpaired) electrons. The molecule has 0 fully saturated rings. The lowest BCUT2D eigenvalue weighted by Crippen LogP contribution is -2.42. The predicted molar refractivity (Wildman–Crippen MR) is 78.4 cm³/mol. The SMILES string of the molecule is CCC(CC)N(CC(C)C)C(=O)c1cccc(O)c1. The minimum atomic E-state index is 0.0123. The summed E-state index contributed by atoms with van der Waals surface area (Å²) in [5, 5.41) is 9.51. The number of hydrogen-bond acceptors (Lipinski definition) is 2. The lowest BCUT2D eigenvalue weighted by atomic mass is 10.1. The maximum atomic E-state index is 12.6. The van der Waals surface area contributed by atoms with E-state index in [1.165, 1.54) is 6.07 Å². The van der Waals surface area contributed by atoms with Gasteiger partial charge in [-0.2, -0.15) is 0 Å². The van der Waals surface area contributed by atoms with Gasteiger partial charge < -0.3 is 10.0 Å². The molecular weight excluding hydrogens is 238 g/mol. The third kappa shape index (κ3) is 4.27. The zero-order valence-corrected chi connectivity index (χ0v) is 12.4. The van der Waals surface area contributed by atoms with Crippen molar-refractivity contribution in [3.63, 3.8) is 0 Å². The fourth-order valence-corrected chi connectivity index (χ4v) is 2.33. The van der Waals surface area contributed by atoms with Crippen molar-refractivity contribution in [2.75, 3.05) is 6.54 Å². The van der Waals surface area contributed by atoms with Crippen LogP contribution in [0.15, 0.2) is 24.3 Å². The third-order valence-corrected chi connectivity index (χ3v) is 3.30. The predicted octanol–water partition coefficient (Wildman–Crippen LogP) is 3.68. The molecule has 0 bridgehead atoms. The largest absolute Gasteiger partial charge is 0.508 e. The van der Waals surface area contributed by atoms with Crippen LogP contribution in [0.4, 0.5) is 0 Å². The second kappa shape index (κ2) is 7.17. The molecule has 0 atom stereocenters. The summed E-state index contributed by atoms with van der Waals surface area (Å²) in [5.74, 6) is 0.583. The first kappa shape index (κ1) is 15.5. The van der Waals surface area contributed by atoms with Crippen molar-refractivity contribution in [3.05, 3.63) is 29.8 Å². The number of nitrogens with zero attached hydrogens (tertiary/aromatic N) is 1. The molecule has 0 spiro atoms. The van der Waals surface area contributed by atoms with Crippen LogP contribution in [0.3, 0.4) is 0 Å². The summed E-state index contributed by atoms with van der Waals surface area (Å²) in [6, 6.07) is 6.86. The zero-order chi connectivity index (χ0) is 14.4. The van der Waals surface area contributed by atoms with Crippen LogP contribution in [0, 0.1) is 5.92 Å². The van der Waals surface area contributed by atoms with Crippen LogP contribution in [0.2, 0.25) is 0 Å². The first-order chi connectivity index (χ1) is 8.99. The molecular formula is C16H25NO2. The van der Waals surface area contributed by atoms with E-state index in [2.05, 4.69) is 27.7 Å². The van der Waals surface area contributed by atoms with E-state index in [1.807, 2.05) is 4.90 Å². The first-order valence-electron chi connectivity index (χ1n) is 7.09. The minimum Gasteiger partial charge on any atom is -0.508 e. The number of carbonyl (C=O) groups is 1. The smallest absolute Gasteiger partial charge is 0.254 e. The van der Waals surface area contributed by atoms with Gasteiger partial charge in [0.15, 0.2) is 0 Å². The van der Waals surface area contributed by atoms with Crippen molar-refractivity contribution in [1.82, 2.24) is 4.90 Å². The molecule has 0 aliphatic rings. The highest BCUT2D eigenvalue weighted by atomic mass is 16.3. The molecule has 0 aliphatic carbocycles. The highest BCUT2D eigenvalue weighted by molar-refractivity contribution is 5.94. The molecule has 1 amide bonds. The lowest BCUT2D eigenvalue weighted by Gasteiger charge is -2.32. The van der Waals surface area contributed by atoms with E-state index in [-0.39, 0.29) is 17.7 Å². The molecule has 19 heavy (non-hydrogen) atoms. The van der Waals surface area contributed by atoms with Crippen molar-refractivity contribution in [2.24, 2.45) is 5.92 Å². The standard InChI is InChI=1S/C16H25NO2/c1-5-14(6-2)17(11-12(3)4)16(19)13-8-7-9-15(18)10-13/h7-10,12,14,18H,5-6,11H2,1-4H3. The molecule has 0 saturated carbocycles. The van der Waals surface area contributed by atoms with Crippen molar-refractivity contribution in [1.29, 1.82) is 0 Å². The topological polar surface area (TPSA) is 40.5 Å². The minimum absolute atomic E-state index is 0.0123. The molecule has 0 unspecified atom stereocenters. The average Bonchev–Trinajstić information content (AvgIpc) is 2.37. The van der Waals surface area contributed by atoms with Crippen molar-refractivity contribution in [3.8, 4) is 5.75 Å². The number of phenols is 1. The normalized spacial score (nSPS) is 11.1. The molecule has 0 heterocycles. The summed E-state index contributed by atoms with van der Waals surface area (Å²) in [4.78, 5) is 14.6. The van der Waals surface area contributed by atoms with Crippen LogP contribution in [-0.4, -0.2) is 28.5 Å². The second-order valence-corrected chi connectivity index (χ2v) is 5.37. The molecule has 3 heteroatoms. The molecule has 1 aromatic carbocycles. The molecule has 1 rings (SSSR count). The van der Waals surface area contributed by atoms with Crippen LogP contribution in [-0.2, 0) is 0 Å². The van der Waals surface area contributed by atoms with E-state index in [9.17, 15) is 9.90 Å². The Kier molecular flexibility index (Phi) is 5.87. The van der Waals surface area contributed by atoms with Gasteiger partial charge in [0.1, 0.15) is 5.75 Å². The summed E-state index contributed by atoms with van der Waals surface area (Å²) < 4.78 is 0. The third-order valence-electron chi connectivity index (χ3n) is 3.30. The fourth-order valence-electron chi connectivity index (χ4n) is 2.33. The van der Waals surface area contributed by atoms with Gasteiger partial charge in [-0.25, -0.2) is 0 Å². The quantitative estimate of drug-likeness (QED) is 0.850. The Hall–Kier alpha value is -1.51. The van der Waals surface area contributed by atoms with Gasteiger partial charge in [0.2, 0.25) is 0 Å². The monoisotopic (exact) mass is 263 g/mol. The Morgan fingerprint density at radius 2 is 1.89 bits per heavy atom. The summed E-state index contributed by atoms with van der Waals surface area (Å²) in [6.45, 7) is 9.20. The van der Waals surface area contributed by atoms with E-state index < -0.39 is 0 Å². The molecule has 106 valence electrons. The van der Waals surface area contributed by atoms with Crippen LogP contribution in [0.25, 0.3) is 0 Å². The molecule has 3 nitrogen and oxygen atoms in total. The number of aromatic hydroxyl groups is 1. The summed E-state index contributed by atoms with van der Waals surface area (Å²) in [7, 11) is 0. The Morgan fingerprint density at radius 3 is 2.37 bits per heavy atom. The van der Waals surface area contributed by atoms with E-state index in [0.717, 1.165) is 19.4 Å². The number of hydrogen-bond donors (Lipinski definition) is 1. The fraction of sp³-hybridized carbons (Fsp3) is 0.562. The van der Waals surface area contributed by atoms with Gasteiger partial charge >= 0.3 is 0 Å². The van der Waals surface area contributed by atoms with Crippen LogP contribution < -0.4 is 0 Å². The van der Waals surface area contributed by atoms with Crippen LogP contribution >= 0.6 is 0 Å². The molecule has 1 N–H and O–H groups in total. The van der Waals surface area contributed by atoms with Crippen LogP contribution in [0.1, 0.15) is 50.9 Å². The molecule has 0 aromatic heterocycles. The van der Waals surface area contributed by atoms with E-state index >= 15 is 0 Å². The Labute approximate surface area is 116 Å². The number of benzene rings is 1. The van der Waals surface area contributed by atoms with Gasteiger partial charge in [0, 0.05) is 18.2 Å². The lowest BCUT2D eigenvalue weighted by molar-refractivity contribution is 0.0640. The summed E-state index contributed by atoms with van der Waals surface area (Å²) in [5.41, 5.74) is 0.563.